The molecule has 1 amide bonds. The zero-order valence-corrected chi connectivity index (χ0v) is 15.5. The number of carboxylic acid groups (broad SMARTS) is 1. The van der Waals surface area contributed by atoms with Crippen LogP contribution in [-0.4, -0.2) is 41.3 Å². The third kappa shape index (κ3) is 6.56. The molecule has 27 heavy (non-hydrogen) atoms. The Morgan fingerprint density at radius 2 is 1.93 bits per heavy atom. The second-order valence-electron chi connectivity index (χ2n) is 5.68. The first-order valence-electron chi connectivity index (χ1n) is 8.09. The molecular weight excluding hydrogens is 376 g/mol. The van der Waals surface area contributed by atoms with E-state index in [-0.39, 0.29) is 31.2 Å². The highest BCUT2D eigenvalue weighted by Crippen LogP contribution is 2.23. The summed E-state index contributed by atoms with van der Waals surface area (Å²) in [6.07, 6.45) is -0.237. The molecule has 0 aliphatic carbocycles. The van der Waals surface area contributed by atoms with Gasteiger partial charge in [-0.25, -0.2) is 8.78 Å². The number of carbonyl (C=O) groups is 2. The summed E-state index contributed by atoms with van der Waals surface area (Å²) >= 11 is 1.28. The van der Waals surface area contributed by atoms with Crippen molar-refractivity contribution in [1.82, 2.24) is 4.90 Å². The van der Waals surface area contributed by atoms with Crippen molar-refractivity contribution in [3.8, 4) is 5.75 Å². The van der Waals surface area contributed by atoms with Crippen molar-refractivity contribution in [3.63, 3.8) is 0 Å². The Morgan fingerprint density at radius 1 is 1.15 bits per heavy atom. The zero-order valence-electron chi connectivity index (χ0n) is 14.7. The van der Waals surface area contributed by atoms with E-state index >= 15 is 0 Å². The lowest BCUT2D eigenvalue weighted by atomic mass is 10.2. The van der Waals surface area contributed by atoms with Crippen LogP contribution in [0.2, 0.25) is 0 Å². The number of rotatable bonds is 9. The fourth-order valence-corrected chi connectivity index (χ4v) is 3.16. The van der Waals surface area contributed by atoms with Crippen molar-refractivity contribution in [3.05, 3.63) is 59.7 Å². The molecule has 0 atom stereocenters. The van der Waals surface area contributed by atoms with E-state index in [2.05, 4.69) is 0 Å². The van der Waals surface area contributed by atoms with E-state index in [1.54, 1.807) is 25.3 Å². The van der Waals surface area contributed by atoms with Gasteiger partial charge in [0.2, 0.25) is 5.91 Å². The van der Waals surface area contributed by atoms with E-state index in [0.717, 1.165) is 17.0 Å². The number of methoxy groups -OCH3 is 1. The number of ether oxygens (including phenoxy) is 1. The highest BCUT2D eigenvalue weighted by molar-refractivity contribution is 8.00. The molecule has 0 aliphatic heterocycles. The molecule has 2 aromatic rings. The van der Waals surface area contributed by atoms with Crippen LogP contribution < -0.4 is 4.74 Å². The maximum Gasteiger partial charge on any atom is 0.305 e. The monoisotopic (exact) mass is 395 g/mol. The van der Waals surface area contributed by atoms with Gasteiger partial charge < -0.3 is 14.7 Å². The Hall–Kier alpha value is -2.61. The molecule has 0 radical (unpaired) electrons. The number of amides is 1. The van der Waals surface area contributed by atoms with E-state index in [9.17, 15) is 18.4 Å². The number of carbonyl (C=O) groups excluding carboxylic acids is 1. The van der Waals surface area contributed by atoms with Crippen LogP contribution in [-0.2, 0) is 16.1 Å². The molecule has 8 heteroatoms. The summed E-state index contributed by atoms with van der Waals surface area (Å²) in [6, 6.07) is 10.6. The van der Waals surface area contributed by atoms with E-state index in [1.165, 1.54) is 22.7 Å². The van der Waals surface area contributed by atoms with Crippen LogP contribution in [0, 0.1) is 11.6 Å². The zero-order chi connectivity index (χ0) is 19.8. The smallest absolute Gasteiger partial charge is 0.305 e. The minimum atomic E-state index is -1.04. The van der Waals surface area contributed by atoms with Gasteiger partial charge in [-0.2, -0.15) is 0 Å². The molecule has 0 heterocycles. The third-order valence-corrected chi connectivity index (χ3v) is 4.69. The molecule has 0 spiro atoms. The van der Waals surface area contributed by atoms with Crippen LogP contribution >= 0.6 is 11.8 Å². The van der Waals surface area contributed by atoms with Gasteiger partial charge in [-0.15, -0.1) is 11.8 Å². The largest absolute Gasteiger partial charge is 0.497 e. The van der Waals surface area contributed by atoms with Crippen molar-refractivity contribution >= 4 is 23.6 Å². The standard InChI is InChI=1S/C19H19F2NO4S/c1-26-14-3-2-4-15(10-14)27-12-18(23)22(8-7-19(24)25)11-13-5-6-16(20)17(21)9-13/h2-6,9-10H,7-8,11-12H2,1H3,(H,24,25). The number of hydrogen-bond acceptors (Lipinski definition) is 4. The molecule has 0 aliphatic rings. The summed E-state index contributed by atoms with van der Waals surface area (Å²) in [5.74, 6) is -2.58. The fourth-order valence-electron chi connectivity index (χ4n) is 2.31. The Morgan fingerprint density at radius 3 is 2.59 bits per heavy atom. The van der Waals surface area contributed by atoms with Crippen molar-refractivity contribution in [2.45, 2.75) is 17.9 Å². The number of carboxylic acids is 1. The molecule has 0 saturated carbocycles. The topological polar surface area (TPSA) is 66.8 Å². The van der Waals surface area contributed by atoms with E-state index < -0.39 is 17.6 Å². The van der Waals surface area contributed by atoms with E-state index in [1.807, 2.05) is 6.07 Å². The van der Waals surface area contributed by atoms with Crippen LogP contribution in [0.5, 0.6) is 5.75 Å². The molecular formula is C19H19F2NO4S. The fraction of sp³-hybridized carbons (Fsp3) is 0.263. The van der Waals surface area contributed by atoms with Crippen LogP contribution in [0.4, 0.5) is 8.78 Å². The minimum Gasteiger partial charge on any atom is -0.497 e. The van der Waals surface area contributed by atoms with Gasteiger partial charge in [-0.3, -0.25) is 9.59 Å². The molecule has 0 saturated heterocycles. The van der Waals surface area contributed by atoms with Crippen molar-refractivity contribution in [2.75, 3.05) is 19.4 Å². The van der Waals surface area contributed by atoms with Gasteiger partial charge >= 0.3 is 5.97 Å². The summed E-state index contributed by atoms with van der Waals surface area (Å²) in [6.45, 7) is -0.0200. The van der Waals surface area contributed by atoms with Gasteiger partial charge in [-0.1, -0.05) is 12.1 Å². The highest BCUT2D eigenvalue weighted by Gasteiger charge is 2.17. The number of nitrogens with zero attached hydrogens (tertiary/aromatic N) is 1. The van der Waals surface area contributed by atoms with Crippen LogP contribution in [0.15, 0.2) is 47.4 Å². The van der Waals surface area contributed by atoms with Gasteiger partial charge in [0, 0.05) is 18.0 Å². The first kappa shape index (κ1) is 20.7. The van der Waals surface area contributed by atoms with Crippen molar-refractivity contribution in [2.24, 2.45) is 0 Å². The second kappa shape index (κ2) is 9.91. The average molecular weight is 395 g/mol. The van der Waals surface area contributed by atoms with Crippen molar-refractivity contribution < 1.29 is 28.2 Å². The number of benzene rings is 2. The van der Waals surface area contributed by atoms with Gasteiger partial charge in [0.05, 0.1) is 19.3 Å². The maximum absolute atomic E-state index is 13.4. The quantitative estimate of drug-likeness (QED) is 0.658. The predicted octanol–water partition coefficient (Wildman–Crippen LogP) is 3.57. The minimum absolute atomic E-state index is 0.00197. The first-order chi connectivity index (χ1) is 12.9. The van der Waals surface area contributed by atoms with E-state index in [4.69, 9.17) is 9.84 Å². The van der Waals surface area contributed by atoms with E-state index in [0.29, 0.717) is 11.3 Å². The number of thioether (sulfide) groups is 1. The summed E-state index contributed by atoms with van der Waals surface area (Å²) in [7, 11) is 1.55. The Kier molecular flexibility index (Phi) is 7.60. The molecule has 5 nitrogen and oxygen atoms in total. The molecule has 0 bridgehead atoms. The molecule has 0 aromatic heterocycles. The highest BCUT2D eigenvalue weighted by atomic mass is 32.2. The third-order valence-electron chi connectivity index (χ3n) is 3.71. The molecule has 1 N–H and O–H groups in total. The lowest BCUT2D eigenvalue weighted by molar-refractivity contribution is -0.138. The normalized spacial score (nSPS) is 10.5. The van der Waals surface area contributed by atoms with Crippen LogP contribution in [0.3, 0.4) is 0 Å². The van der Waals surface area contributed by atoms with Crippen molar-refractivity contribution in [1.29, 1.82) is 0 Å². The maximum atomic E-state index is 13.4. The molecule has 2 rings (SSSR count). The SMILES string of the molecule is COc1cccc(SCC(=O)N(CCC(=O)O)Cc2ccc(F)c(F)c2)c1. The summed E-state index contributed by atoms with van der Waals surface area (Å²) < 4.78 is 31.6. The predicted molar refractivity (Wildman–Crippen MR) is 97.7 cm³/mol. The number of hydrogen-bond donors (Lipinski definition) is 1. The Balaban J connectivity index is 2.05. The lowest BCUT2D eigenvalue weighted by Crippen LogP contribution is -2.34. The molecule has 2 aromatic carbocycles. The van der Waals surface area contributed by atoms with Gasteiger partial charge in [0.1, 0.15) is 5.75 Å². The summed E-state index contributed by atoms with van der Waals surface area (Å²) in [5.41, 5.74) is 0.388. The molecule has 144 valence electrons. The molecule has 0 unspecified atom stereocenters. The van der Waals surface area contributed by atoms with Gasteiger partial charge in [-0.05, 0) is 35.9 Å². The number of halogens is 2. The molecule has 0 fully saturated rings. The number of aliphatic carboxylic acids is 1. The Labute approximate surface area is 159 Å². The summed E-state index contributed by atoms with van der Waals surface area (Å²) in [4.78, 5) is 25.6. The van der Waals surface area contributed by atoms with Gasteiger partial charge in [0.15, 0.2) is 11.6 Å². The first-order valence-corrected chi connectivity index (χ1v) is 9.08. The van der Waals surface area contributed by atoms with Crippen LogP contribution in [0.25, 0.3) is 0 Å². The average Bonchev–Trinajstić information content (AvgIpc) is 2.66. The Bertz CT molecular complexity index is 816. The lowest BCUT2D eigenvalue weighted by Gasteiger charge is -2.22. The second-order valence-corrected chi connectivity index (χ2v) is 6.72. The van der Waals surface area contributed by atoms with Crippen LogP contribution in [0.1, 0.15) is 12.0 Å². The van der Waals surface area contributed by atoms with Gasteiger partial charge in [0.25, 0.3) is 0 Å². The summed E-state index contributed by atoms with van der Waals surface area (Å²) in [5, 5.41) is 8.89.